The smallest absolute Gasteiger partial charge is 0.321 e. The number of allylic oxidation sites excluding steroid dienone is 2. The zero-order chi connectivity index (χ0) is 20.2. The van der Waals surface area contributed by atoms with Gasteiger partial charge in [-0.05, 0) is 32.1 Å². The molecule has 27 heavy (non-hydrogen) atoms. The second-order valence-electron chi connectivity index (χ2n) is 7.44. The van der Waals surface area contributed by atoms with Gasteiger partial charge in [0, 0.05) is 6.54 Å². The molecular weight excluding hydrogens is 340 g/mol. The molecule has 1 unspecified atom stereocenters. The van der Waals surface area contributed by atoms with E-state index in [1.165, 1.54) is 77.0 Å². The normalized spacial score (nSPS) is 12.4. The average Bonchev–Trinajstić information content (AvgIpc) is 2.64. The lowest BCUT2D eigenvalue weighted by Crippen LogP contribution is -2.37. The Bertz CT molecular complexity index is 397. The van der Waals surface area contributed by atoms with Crippen LogP contribution in [0, 0.1) is 0 Å². The van der Waals surface area contributed by atoms with Gasteiger partial charge in [0.25, 0.3) is 0 Å². The Balaban J connectivity index is 3.25. The number of carbonyl (C=O) groups excluding carboxylic acids is 1. The van der Waals surface area contributed by atoms with Crippen molar-refractivity contribution in [3.05, 3.63) is 12.2 Å². The molecule has 5 heteroatoms. The quantitative estimate of drug-likeness (QED) is 0.218. The van der Waals surface area contributed by atoms with Crippen LogP contribution in [0.4, 0.5) is 0 Å². The highest BCUT2D eigenvalue weighted by atomic mass is 16.4. The molecule has 0 spiro atoms. The number of nitrogens with one attached hydrogen (secondary N) is 1. The number of carboxylic acids is 1. The Morgan fingerprint density at radius 3 is 1.85 bits per heavy atom. The maximum absolute atomic E-state index is 11.5. The van der Waals surface area contributed by atoms with Crippen LogP contribution in [0.25, 0.3) is 0 Å². The molecule has 0 aliphatic carbocycles. The zero-order valence-electron chi connectivity index (χ0n) is 17.4. The number of nitrogens with two attached hydrogens (primary N) is 1. The second-order valence-corrected chi connectivity index (χ2v) is 7.44. The van der Waals surface area contributed by atoms with E-state index in [2.05, 4.69) is 24.4 Å². The molecule has 0 heterocycles. The van der Waals surface area contributed by atoms with Crippen LogP contribution in [0.2, 0.25) is 0 Å². The third-order valence-electron chi connectivity index (χ3n) is 4.73. The molecule has 0 radical (unpaired) electrons. The molecule has 0 rings (SSSR count). The molecule has 0 aromatic heterocycles. The van der Waals surface area contributed by atoms with Gasteiger partial charge in [-0.2, -0.15) is 0 Å². The first-order chi connectivity index (χ1) is 13.1. The molecule has 0 fully saturated rings. The van der Waals surface area contributed by atoms with Crippen molar-refractivity contribution in [2.75, 3.05) is 6.54 Å². The summed E-state index contributed by atoms with van der Waals surface area (Å²) in [5.74, 6) is -1.42. The maximum Gasteiger partial charge on any atom is 0.321 e. The number of carboxylic acid groups (broad SMARTS) is 1. The molecule has 0 saturated carbocycles. The van der Waals surface area contributed by atoms with E-state index >= 15 is 0 Å². The summed E-state index contributed by atoms with van der Waals surface area (Å²) in [6.45, 7) is 2.86. The van der Waals surface area contributed by atoms with Gasteiger partial charge in [0.05, 0.1) is 6.42 Å². The fourth-order valence-electron chi connectivity index (χ4n) is 2.96. The van der Waals surface area contributed by atoms with Gasteiger partial charge in [0.15, 0.2) is 0 Å². The minimum Gasteiger partial charge on any atom is -0.480 e. The van der Waals surface area contributed by atoms with Crippen LogP contribution >= 0.6 is 0 Å². The van der Waals surface area contributed by atoms with Gasteiger partial charge in [-0.3, -0.25) is 9.59 Å². The fourth-order valence-corrected chi connectivity index (χ4v) is 2.96. The van der Waals surface area contributed by atoms with E-state index in [0.717, 1.165) is 12.8 Å². The summed E-state index contributed by atoms with van der Waals surface area (Å²) in [5, 5.41) is 11.4. The summed E-state index contributed by atoms with van der Waals surface area (Å²) in [4.78, 5) is 22.0. The van der Waals surface area contributed by atoms with Gasteiger partial charge >= 0.3 is 5.97 Å². The molecule has 0 aliphatic rings. The summed E-state index contributed by atoms with van der Waals surface area (Å²) in [6.07, 6.45) is 22.1. The van der Waals surface area contributed by atoms with Crippen LogP contribution in [0.3, 0.4) is 0 Å². The van der Waals surface area contributed by atoms with Crippen molar-refractivity contribution in [1.82, 2.24) is 5.32 Å². The third-order valence-corrected chi connectivity index (χ3v) is 4.73. The van der Waals surface area contributed by atoms with E-state index in [0.29, 0.717) is 6.54 Å². The molecule has 5 nitrogen and oxygen atoms in total. The minimum atomic E-state index is -1.14. The lowest BCUT2D eigenvalue weighted by Gasteiger charge is -2.07. The van der Waals surface area contributed by atoms with Gasteiger partial charge in [-0.25, -0.2) is 0 Å². The fraction of sp³-hybridized carbons (Fsp3) is 0.818. The van der Waals surface area contributed by atoms with Crippen molar-refractivity contribution >= 4 is 11.9 Å². The van der Waals surface area contributed by atoms with Crippen molar-refractivity contribution in [3.63, 3.8) is 0 Å². The molecule has 0 aromatic carbocycles. The first-order valence-corrected chi connectivity index (χ1v) is 11.0. The highest BCUT2D eigenvalue weighted by Gasteiger charge is 2.15. The number of carbonyl (C=O) groups is 2. The molecule has 158 valence electrons. The van der Waals surface area contributed by atoms with Crippen molar-refractivity contribution in [3.8, 4) is 0 Å². The van der Waals surface area contributed by atoms with Crippen molar-refractivity contribution in [1.29, 1.82) is 0 Å². The SMILES string of the molecule is CCCCCCCCC=CCCCCCCCCNC(=O)CC(N)C(=O)O. The summed E-state index contributed by atoms with van der Waals surface area (Å²) in [7, 11) is 0. The van der Waals surface area contributed by atoms with Crippen molar-refractivity contribution in [2.24, 2.45) is 5.73 Å². The monoisotopic (exact) mass is 382 g/mol. The van der Waals surface area contributed by atoms with E-state index in [9.17, 15) is 9.59 Å². The number of unbranched alkanes of at least 4 members (excludes halogenated alkanes) is 12. The van der Waals surface area contributed by atoms with Gasteiger partial charge in [0.1, 0.15) is 6.04 Å². The molecule has 0 aliphatic heterocycles. The van der Waals surface area contributed by atoms with Crippen LogP contribution < -0.4 is 11.1 Å². The van der Waals surface area contributed by atoms with Crippen molar-refractivity contribution < 1.29 is 14.7 Å². The van der Waals surface area contributed by atoms with Gasteiger partial charge < -0.3 is 16.2 Å². The Kier molecular flexibility index (Phi) is 18.4. The first kappa shape index (κ1) is 25.6. The molecule has 4 N–H and O–H groups in total. The highest BCUT2D eigenvalue weighted by Crippen LogP contribution is 2.09. The second kappa shape index (κ2) is 19.4. The predicted octanol–water partition coefficient (Wildman–Crippen LogP) is 4.94. The van der Waals surface area contributed by atoms with E-state index < -0.39 is 12.0 Å². The Hall–Kier alpha value is -1.36. The summed E-state index contributed by atoms with van der Waals surface area (Å²) >= 11 is 0. The maximum atomic E-state index is 11.5. The number of hydrogen-bond acceptors (Lipinski definition) is 3. The highest BCUT2D eigenvalue weighted by molar-refractivity contribution is 5.84. The van der Waals surface area contributed by atoms with Crippen LogP contribution in [0.5, 0.6) is 0 Å². The Morgan fingerprint density at radius 2 is 1.33 bits per heavy atom. The van der Waals surface area contributed by atoms with Crippen LogP contribution in [0.1, 0.15) is 103 Å². The van der Waals surface area contributed by atoms with Gasteiger partial charge in [0.2, 0.25) is 5.91 Å². The van der Waals surface area contributed by atoms with Crippen molar-refractivity contribution in [2.45, 2.75) is 109 Å². The molecule has 1 amide bonds. The summed E-state index contributed by atoms with van der Waals surface area (Å²) in [5.41, 5.74) is 5.32. The third kappa shape index (κ3) is 19.2. The average molecular weight is 383 g/mol. The summed E-state index contributed by atoms with van der Waals surface area (Å²) < 4.78 is 0. The van der Waals surface area contributed by atoms with Gasteiger partial charge in [-0.1, -0.05) is 76.9 Å². The standard InChI is InChI=1S/C22H42N2O3/c1-2-3-4-5-6-7-8-9-10-11-12-13-14-15-16-17-18-24-21(25)19-20(23)22(26)27/h9-10,20H,2-8,11-19,23H2,1H3,(H,24,25)(H,26,27). The van der Waals surface area contributed by atoms with E-state index in [4.69, 9.17) is 10.8 Å². The van der Waals surface area contributed by atoms with Crippen LogP contribution in [-0.4, -0.2) is 29.6 Å². The Labute approximate surface area is 166 Å². The lowest BCUT2D eigenvalue weighted by atomic mass is 10.1. The van der Waals surface area contributed by atoms with E-state index in [-0.39, 0.29) is 12.3 Å². The number of rotatable bonds is 19. The molecule has 0 bridgehead atoms. The Morgan fingerprint density at radius 1 is 0.852 bits per heavy atom. The number of hydrogen-bond donors (Lipinski definition) is 3. The van der Waals surface area contributed by atoms with Crippen LogP contribution in [0.15, 0.2) is 12.2 Å². The first-order valence-electron chi connectivity index (χ1n) is 11.0. The van der Waals surface area contributed by atoms with E-state index in [1.807, 2.05) is 0 Å². The van der Waals surface area contributed by atoms with E-state index in [1.54, 1.807) is 0 Å². The summed E-state index contributed by atoms with van der Waals surface area (Å²) in [6, 6.07) is -1.11. The van der Waals surface area contributed by atoms with Crippen LogP contribution in [-0.2, 0) is 9.59 Å². The molecule has 1 atom stereocenters. The molecular formula is C22H42N2O3. The predicted molar refractivity (Wildman–Crippen MR) is 113 cm³/mol. The molecule has 0 aromatic rings. The number of aliphatic carboxylic acids is 1. The largest absolute Gasteiger partial charge is 0.480 e. The lowest BCUT2D eigenvalue weighted by molar-refractivity contribution is -0.140. The minimum absolute atomic E-state index is 0.151. The topological polar surface area (TPSA) is 92.4 Å². The zero-order valence-corrected chi connectivity index (χ0v) is 17.4. The molecule has 0 saturated heterocycles. The van der Waals surface area contributed by atoms with Gasteiger partial charge in [-0.15, -0.1) is 0 Å². The number of amides is 1.